The number of likely N-dealkylation sites (tertiary alicyclic amines) is 1. The fourth-order valence-electron chi connectivity index (χ4n) is 4.39. The Bertz CT molecular complexity index is 689. The molecule has 0 spiro atoms. The van der Waals surface area contributed by atoms with Crippen molar-refractivity contribution in [3.05, 3.63) is 35.4 Å². The van der Waals surface area contributed by atoms with Gasteiger partial charge in [-0.1, -0.05) is 32.0 Å². The number of nitrogens with zero attached hydrogens (tertiary/aromatic N) is 1. The molecule has 2 fully saturated rings. The molecule has 154 valence electrons. The van der Waals surface area contributed by atoms with Gasteiger partial charge < -0.3 is 15.0 Å². The van der Waals surface area contributed by atoms with Gasteiger partial charge in [-0.3, -0.25) is 9.59 Å². The first-order valence-electron chi connectivity index (χ1n) is 10.7. The average Bonchev–Trinajstić information content (AvgIpc) is 3.46. The molecular weight excluding hydrogens is 352 g/mol. The molecule has 3 rings (SSSR count). The summed E-state index contributed by atoms with van der Waals surface area (Å²) in [6.45, 7) is 8.52. The second kappa shape index (κ2) is 9.08. The standard InChI is InChI=1S/C23H34N2O3/c1-4-28-16-21(26)25-13-9-19(10-14-25)23(11-12-23)24-22(27)20-8-6-5-7-18(20)15-17(2)3/h5-8,17,19H,4,9-16H2,1-3H3,(H,24,27). The first-order chi connectivity index (χ1) is 13.4. The molecule has 1 aliphatic heterocycles. The minimum Gasteiger partial charge on any atom is -0.372 e. The number of hydrogen-bond acceptors (Lipinski definition) is 3. The second-order valence-corrected chi connectivity index (χ2v) is 8.66. The first-order valence-corrected chi connectivity index (χ1v) is 10.7. The lowest BCUT2D eigenvalue weighted by atomic mass is 9.86. The highest BCUT2D eigenvalue weighted by atomic mass is 16.5. The number of hydrogen-bond donors (Lipinski definition) is 1. The van der Waals surface area contributed by atoms with Crippen molar-refractivity contribution in [2.45, 2.75) is 58.4 Å². The summed E-state index contributed by atoms with van der Waals surface area (Å²) >= 11 is 0. The van der Waals surface area contributed by atoms with Gasteiger partial charge in [-0.15, -0.1) is 0 Å². The Morgan fingerprint density at radius 1 is 1.21 bits per heavy atom. The fourth-order valence-corrected chi connectivity index (χ4v) is 4.39. The number of carbonyl (C=O) groups excluding carboxylic acids is 2. The Morgan fingerprint density at radius 2 is 1.89 bits per heavy atom. The van der Waals surface area contributed by atoms with Crippen LogP contribution in [-0.2, 0) is 16.0 Å². The molecule has 1 saturated heterocycles. The molecule has 0 bridgehead atoms. The van der Waals surface area contributed by atoms with Crippen molar-refractivity contribution < 1.29 is 14.3 Å². The molecule has 1 aromatic carbocycles. The second-order valence-electron chi connectivity index (χ2n) is 8.66. The predicted octanol–water partition coefficient (Wildman–Crippen LogP) is 3.42. The van der Waals surface area contributed by atoms with Crippen LogP contribution in [0.25, 0.3) is 0 Å². The van der Waals surface area contributed by atoms with Gasteiger partial charge >= 0.3 is 0 Å². The monoisotopic (exact) mass is 386 g/mol. The van der Waals surface area contributed by atoms with E-state index in [-0.39, 0.29) is 24.0 Å². The largest absolute Gasteiger partial charge is 0.372 e. The van der Waals surface area contributed by atoms with Crippen LogP contribution in [0.1, 0.15) is 62.4 Å². The Labute approximate surface area is 168 Å². The zero-order valence-corrected chi connectivity index (χ0v) is 17.5. The number of carbonyl (C=O) groups is 2. The highest BCUT2D eigenvalue weighted by molar-refractivity contribution is 5.96. The summed E-state index contributed by atoms with van der Waals surface area (Å²) in [6, 6.07) is 7.96. The van der Waals surface area contributed by atoms with Crippen LogP contribution in [0.3, 0.4) is 0 Å². The van der Waals surface area contributed by atoms with E-state index in [1.165, 1.54) is 0 Å². The average molecular weight is 387 g/mol. The summed E-state index contributed by atoms with van der Waals surface area (Å²) in [4.78, 5) is 27.1. The Kier molecular flexibility index (Phi) is 6.76. The van der Waals surface area contributed by atoms with Gasteiger partial charge in [0.2, 0.25) is 5.91 Å². The molecule has 5 nitrogen and oxygen atoms in total. The summed E-state index contributed by atoms with van der Waals surface area (Å²) in [5.41, 5.74) is 1.87. The van der Waals surface area contributed by atoms with E-state index in [0.717, 1.165) is 56.3 Å². The van der Waals surface area contributed by atoms with E-state index >= 15 is 0 Å². The molecular formula is C23H34N2O3. The predicted molar refractivity (Wildman–Crippen MR) is 110 cm³/mol. The molecule has 0 aromatic heterocycles. The van der Waals surface area contributed by atoms with E-state index in [0.29, 0.717) is 18.4 Å². The third-order valence-corrected chi connectivity index (χ3v) is 6.10. The maximum Gasteiger partial charge on any atom is 0.251 e. The Morgan fingerprint density at radius 3 is 2.50 bits per heavy atom. The molecule has 1 heterocycles. The maximum absolute atomic E-state index is 13.0. The van der Waals surface area contributed by atoms with Crippen molar-refractivity contribution >= 4 is 11.8 Å². The van der Waals surface area contributed by atoms with Gasteiger partial charge in [0, 0.05) is 30.8 Å². The number of nitrogens with one attached hydrogen (secondary N) is 1. The van der Waals surface area contributed by atoms with Crippen LogP contribution in [0.5, 0.6) is 0 Å². The van der Waals surface area contributed by atoms with Crippen LogP contribution in [0.4, 0.5) is 0 Å². The molecule has 5 heteroatoms. The van der Waals surface area contributed by atoms with Crippen LogP contribution in [0.15, 0.2) is 24.3 Å². The van der Waals surface area contributed by atoms with Gasteiger partial charge in [0.05, 0.1) is 0 Å². The third kappa shape index (κ3) is 4.93. The molecule has 1 saturated carbocycles. The van der Waals surface area contributed by atoms with Crippen LogP contribution < -0.4 is 5.32 Å². The van der Waals surface area contributed by atoms with Crippen molar-refractivity contribution in [2.75, 3.05) is 26.3 Å². The van der Waals surface area contributed by atoms with Crippen LogP contribution in [0, 0.1) is 11.8 Å². The fraction of sp³-hybridized carbons (Fsp3) is 0.652. The summed E-state index contributed by atoms with van der Waals surface area (Å²) in [5.74, 6) is 1.10. The van der Waals surface area contributed by atoms with Gasteiger partial charge in [0.25, 0.3) is 5.91 Å². The Hall–Kier alpha value is -1.88. The minimum atomic E-state index is -0.0723. The lowest BCUT2D eigenvalue weighted by Crippen LogP contribution is -2.49. The van der Waals surface area contributed by atoms with Crippen molar-refractivity contribution in [3.63, 3.8) is 0 Å². The molecule has 1 aromatic rings. The molecule has 0 radical (unpaired) electrons. The van der Waals surface area contributed by atoms with Crippen molar-refractivity contribution in [3.8, 4) is 0 Å². The van der Waals surface area contributed by atoms with Crippen LogP contribution in [0.2, 0.25) is 0 Å². The van der Waals surface area contributed by atoms with Gasteiger partial charge in [-0.2, -0.15) is 0 Å². The lowest BCUT2D eigenvalue weighted by molar-refractivity contribution is -0.137. The number of ether oxygens (including phenoxy) is 1. The van der Waals surface area contributed by atoms with Crippen molar-refractivity contribution in [1.29, 1.82) is 0 Å². The van der Waals surface area contributed by atoms with Crippen molar-refractivity contribution in [2.24, 2.45) is 11.8 Å². The topological polar surface area (TPSA) is 58.6 Å². The summed E-state index contributed by atoms with van der Waals surface area (Å²) in [5, 5.41) is 3.38. The zero-order chi connectivity index (χ0) is 20.1. The first kappa shape index (κ1) is 20.8. The summed E-state index contributed by atoms with van der Waals surface area (Å²) in [7, 11) is 0. The zero-order valence-electron chi connectivity index (χ0n) is 17.5. The molecule has 0 atom stereocenters. The molecule has 1 aliphatic carbocycles. The Balaban J connectivity index is 1.58. The number of amides is 2. The van der Waals surface area contributed by atoms with Gasteiger partial charge in [-0.05, 0) is 62.5 Å². The summed E-state index contributed by atoms with van der Waals surface area (Å²) in [6.07, 6.45) is 4.90. The van der Waals surface area contributed by atoms with E-state index in [4.69, 9.17) is 4.74 Å². The van der Waals surface area contributed by atoms with Crippen LogP contribution in [-0.4, -0.2) is 48.6 Å². The van der Waals surface area contributed by atoms with Gasteiger partial charge in [-0.25, -0.2) is 0 Å². The minimum absolute atomic E-state index is 0.0589. The quantitative estimate of drug-likeness (QED) is 0.745. The van der Waals surface area contributed by atoms with Gasteiger partial charge in [0.1, 0.15) is 6.61 Å². The maximum atomic E-state index is 13.0. The third-order valence-electron chi connectivity index (χ3n) is 6.10. The summed E-state index contributed by atoms with van der Waals surface area (Å²) < 4.78 is 5.25. The van der Waals surface area contributed by atoms with E-state index in [9.17, 15) is 9.59 Å². The normalized spacial score (nSPS) is 18.9. The van der Waals surface area contributed by atoms with E-state index in [2.05, 4.69) is 25.2 Å². The highest BCUT2D eigenvalue weighted by Crippen LogP contribution is 2.47. The number of rotatable bonds is 8. The number of piperidine rings is 1. The SMILES string of the molecule is CCOCC(=O)N1CCC(C2(NC(=O)c3ccccc3CC(C)C)CC2)CC1. The van der Waals surface area contributed by atoms with E-state index in [1.807, 2.05) is 30.0 Å². The van der Waals surface area contributed by atoms with Crippen LogP contribution >= 0.6 is 0 Å². The highest BCUT2D eigenvalue weighted by Gasteiger charge is 2.51. The number of benzene rings is 1. The molecule has 0 unspecified atom stereocenters. The molecule has 2 aliphatic rings. The van der Waals surface area contributed by atoms with Gasteiger partial charge in [0.15, 0.2) is 0 Å². The molecule has 2 amide bonds. The smallest absolute Gasteiger partial charge is 0.251 e. The van der Waals surface area contributed by atoms with Crippen molar-refractivity contribution in [1.82, 2.24) is 10.2 Å². The lowest BCUT2D eigenvalue weighted by Gasteiger charge is -2.37. The molecule has 1 N–H and O–H groups in total. The van der Waals surface area contributed by atoms with E-state index < -0.39 is 0 Å². The van der Waals surface area contributed by atoms with E-state index in [1.54, 1.807) is 0 Å². The molecule has 28 heavy (non-hydrogen) atoms.